The second-order valence-electron chi connectivity index (χ2n) is 6.06. The lowest BCUT2D eigenvalue weighted by Gasteiger charge is -2.22. The summed E-state index contributed by atoms with van der Waals surface area (Å²) in [6, 6.07) is 2.13. The molecule has 0 saturated carbocycles. The van der Waals surface area contributed by atoms with Crippen molar-refractivity contribution in [3.05, 3.63) is 39.4 Å². The van der Waals surface area contributed by atoms with Gasteiger partial charge in [0.15, 0.2) is 5.96 Å². The molecule has 0 aliphatic rings. The van der Waals surface area contributed by atoms with Crippen LogP contribution in [0.1, 0.15) is 29.6 Å². The minimum atomic E-state index is 0. The van der Waals surface area contributed by atoms with E-state index in [0.717, 1.165) is 29.2 Å². The highest BCUT2D eigenvalue weighted by Gasteiger charge is 2.12. The van der Waals surface area contributed by atoms with Gasteiger partial charge in [-0.2, -0.15) is 5.10 Å². The van der Waals surface area contributed by atoms with Crippen LogP contribution in [0.3, 0.4) is 0 Å². The molecule has 0 radical (unpaired) electrons. The molecule has 140 valence electrons. The molecule has 0 fully saturated rings. The third-order valence-electron chi connectivity index (χ3n) is 4.22. The predicted molar refractivity (Wildman–Crippen MR) is 117 cm³/mol. The molecule has 2 rings (SSSR count). The van der Waals surface area contributed by atoms with Gasteiger partial charge in [-0.15, -0.1) is 24.0 Å². The average molecular weight is 523 g/mol. The zero-order valence-electron chi connectivity index (χ0n) is 15.8. The Kier molecular flexibility index (Phi) is 8.46. The SMILES string of the molecule is CCNC(=NCc1c(C)nn(C)c1C)N(C)Cc1cc(Br)cn1C.I. The average Bonchev–Trinajstić information content (AvgIpc) is 2.95. The minimum Gasteiger partial charge on any atom is -0.357 e. The Morgan fingerprint density at radius 3 is 2.52 bits per heavy atom. The molecule has 2 heterocycles. The molecular weight excluding hydrogens is 495 g/mol. The Labute approximate surface area is 175 Å². The van der Waals surface area contributed by atoms with E-state index in [1.165, 1.54) is 17.0 Å². The molecule has 0 aliphatic carbocycles. The molecule has 0 atom stereocenters. The largest absolute Gasteiger partial charge is 0.357 e. The number of rotatable bonds is 5. The Bertz CT molecular complexity index is 734. The Balaban J connectivity index is 0.00000312. The van der Waals surface area contributed by atoms with Crippen molar-refractivity contribution in [2.75, 3.05) is 13.6 Å². The maximum absolute atomic E-state index is 4.81. The summed E-state index contributed by atoms with van der Waals surface area (Å²) in [7, 11) is 6.09. The van der Waals surface area contributed by atoms with Gasteiger partial charge in [0.05, 0.1) is 18.8 Å². The molecule has 1 N–H and O–H groups in total. The van der Waals surface area contributed by atoms with E-state index in [0.29, 0.717) is 6.54 Å². The van der Waals surface area contributed by atoms with Crippen LogP contribution in [0.2, 0.25) is 0 Å². The molecule has 0 saturated heterocycles. The van der Waals surface area contributed by atoms with E-state index in [2.05, 4.69) is 76.0 Å². The highest BCUT2D eigenvalue weighted by atomic mass is 127. The minimum absolute atomic E-state index is 0. The Hall–Kier alpha value is -1.03. The van der Waals surface area contributed by atoms with E-state index in [9.17, 15) is 0 Å². The van der Waals surface area contributed by atoms with Gasteiger partial charge in [0.1, 0.15) is 0 Å². The van der Waals surface area contributed by atoms with Crippen LogP contribution >= 0.6 is 39.9 Å². The van der Waals surface area contributed by atoms with Crippen molar-refractivity contribution in [3.63, 3.8) is 0 Å². The highest BCUT2D eigenvalue weighted by Crippen LogP contribution is 2.16. The van der Waals surface area contributed by atoms with Gasteiger partial charge in [0.25, 0.3) is 0 Å². The summed E-state index contributed by atoms with van der Waals surface area (Å²) >= 11 is 3.53. The van der Waals surface area contributed by atoms with Crippen molar-refractivity contribution >= 4 is 45.9 Å². The molecule has 0 bridgehead atoms. The third-order valence-corrected chi connectivity index (χ3v) is 4.65. The number of hydrogen-bond acceptors (Lipinski definition) is 2. The van der Waals surface area contributed by atoms with Gasteiger partial charge in [0.2, 0.25) is 0 Å². The standard InChI is InChI=1S/C17H27BrN6.HI/c1-7-19-17(20-9-16-12(2)21-24(6)13(16)3)23(5)11-15-8-14(18)10-22(15)4;/h8,10H,7,9,11H2,1-6H3,(H,19,20);1H. The summed E-state index contributed by atoms with van der Waals surface area (Å²) in [5.41, 5.74) is 4.64. The van der Waals surface area contributed by atoms with Gasteiger partial charge in [-0.3, -0.25) is 4.68 Å². The number of nitrogens with zero attached hydrogens (tertiary/aromatic N) is 5. The quantitative estimate of drug-likeness (QED) is 0.372. The molecule has 0 aliphatic heterocycles. The molecule has 0 unspecified atom stereocenters. The fourth-order valence-electron chi connectivity index (χ4n) is 2.71. The first-order valence-corrected chi connectivity index (χ1v) is 8.92. The summed E-state index contributed by atoms with van der Waals surface area (Å²) in [6.07, 6.45) is 2.07. The second kappa shape index (κ2) is 9.61. The monoisotopic (exact) mass is 522 g/mol. The van der Waals surface area contributed by atoms with Crippen LogP contribution in [-0.2, 0) is 27.2 Å². The van der Waals surface area contributed by atoms with Crippen molar-refractivity contribution in [3.8, 4) is 0 Å². The lowest BCUT2D eigenvalue weighted by molar-refractivity contribution is 0.462. The van der Waals surface area contributed by atoms with Crippen LogP contribution < -0.4 is 5.32 Å². The number of guanidine groups is 1. The summed E-state index contributed by atoms with van der Waals surface area (Å²) in [5.74, 6) is 0.900. The van der Waals surface area contributed by atoms with Crippen molar-refractivity contribution in [1.82, 2.24) is 24.6 Å². The van der Waals surface area contributed by atoms with Crippen LogP contribution in [0.25, 0.3) is 0 Å². The van der Waals surface area contributed by atoms with Crippen LogP contribution in [0.4, 0.5) is 0 Å². The molecule has 6 nitrogen and oxygen atoms in total. The summed E-state index contributed by atoms with van der Waals surface area (Å²) < 4.78 is 5.13. The van der Waals surface area contributed by atoms with Crippen LogP contribution in [0, 0.1) is 13.8 Å². The topological polar surface area (TPSA) is 50.4 Å². The number of aliphatic imine (C=N–C) groups is 1. The van der Waals surface area contributed by atoms with Gasteiger partial charge in [-0.1, -0.05) is 0 Å². The highest BCUT2D eigenvalue weighted by molar-refractivity contribution is 14.0. The number of halogens is 2. The van der Waals surface area contributed by atoms with E-state index >= 15 is 0 Å². The van der Waals surface area contributed by atoms with E-state index in [4.69, 9.17) is 4.99 Å². The smallest absolute Gasteiger partial charge is 0.194 e. The predicted octanol–water partition coefficient (Wildman–Crippen LogP) is 3.35. The van der Waals surface area contributed by atoms with E-state index < -0.39 is 0 Å². The zero-order valence-corrected chi connectivity index (χ0v) is 19.7. The maximum atomic E-state index is 4.81. The lowest BCUT2D eigenvalue weighted by atomic mass is 10.2. The van der Waals surface area contributed by atoms with Crippen LogP contribution in [0.5, 0.6) is 0 Å². The van der Waals surface area contributed by atoms with E-state index in [1.807, 2.05) is 18.7 Å². The number of aryl methyl sites for hydroxylation is 3. The molecule has 0 aromatic carbocycles. The number of hydrogen-bond donors (Lipinski definition) is 1. The molecule has 25 heavy (non-hydrogen) atoms. The Morgan fingerprint density at radius 2 is 2.04 bits per heavy atom. The van der Waals surface area contributed by atoms with Crippen molar-refractivity contribution in [2.45, 2.75) is 33.9 Å². The van der Waals surface area contributed by atoms with Crippen LogP contribution in [-0.4, -0.2) is 38.8 Å². The lowest BCUT2D eigenvalue weighted by Crippen LogP contribution is -2.38. The normalized spacial score (nSPS) is 11.4. The molecule has 0 spiro atoms. The van der Waals surface area contributed by atoms with Gasteiger partial charge >= 0.3 is 0 Å². The van der Waals surface area contributed by atoms with Crippen molar-refractivity contribution in [1.29, 1.82) is 0 Å². The van der Waals surface area contributed by atoms with Crippen LogP contribution in [0.15, 0.2) is 21.7 Å². The first-order valence-electron chi connectivity index (χ1n) is 8.12. The van der Waals surface area contributed by atoms with Gasteiger partial charge < -0.3 is 14.8 Å². The molecule has 8 heteroatoms. The third kappa shape index (κ3) is 5.47. The summed E-state index contributed by atoms with van der Waals surface area (Å²) in [6.45, 7) is 8.47. The fourth-order valence-corrected chi connectivity index (χ4v) is 3.28. The second-order valence-corrected chi connectivity index (χ2v) is 6.98. The summed E-state index contributed by atoms with van der Waals surface area (Å²) in [4.78, 5) is 6.95. The molecule has 2 aromatic rings. The van der Waals surface area contributed by atoms with Gasteiger partial charge in [-0.05, 0) is 42.8 Å². The first-order chi connectivity index (χ1) is 11.3. The van der Waals surface area contributed by atoms with Crippen molar-refractivity contribution in [2.24, 2.45) is 19.1 Å². The zero-order chi connectivity index (χ0) is 17.9. The fraction of sp³-hybridized carbons (Fsp3) is 0.529. The summed E-state index contributed by atoms with van der Waals surface area (Å²) in [5, 5.41) is 7.84. The molecule has 2 aromatic heterocycles. The van der Waals surface area contributed by atoms with Crippen molar-refractivity contribution < 1.29 is 0 Å². The molecular formula is C17H28BrIN6. The molecule has 0 amide bonds. The van der Waals surface area contributed by atoms with Gasteiger partial charge in [-0.25, -0.2) is 4.99 Å². The van der Waals surface area contributed by atoms with E-state index in [1.54, 1.807) is 0 Å². The number of aromatic nitrogens is 3. The number of nitrogens with one attached hydrogen (secondary N) is 1. The van der Waals surface area contributed by atoms with E-state index in [-0.39, 0.29) is 24.0 Å². The Morgan fingerprint density at radius 1 is 1.36 bits per heavy atom. The maximum Gasteiger partial charge on any atom is 0.194 e. The van der Waals surface area contributed by atoms with Gasteiger partial charge in [0, 0.05) is 55.3 Å². The first kappa shape index (κ1) is 22.0.